The molecule has 1 amide bonds. The smallest absolute Gasteiger partial charge is 0.261 e. The Morgan fingerprint density at radius 3 is 2.50 bits per heavy atom. The van der Waals surface area contributed by atoms with E-state index in [0.29, 0.717) is 6.61 Å². The van der Waals surface area contributed by atoms with Crippen molar-refractivity contribution >= 4 is 17.2 Å². The van der Waals surface area contributed by atoms with Crippen LogP contribution < -0.4 is 10.1 Å². The second-order valence-electron chi connectivity index (χ2n) is 4.75. The zero-order valence-electron chi connectivity index (χ0n) is 12.0. The molecule has 0 atom stereocenters. The normalized spacial score (nSPS) is 10.6. The van der Waals surface area contributed by atoms with Gasteiger partial charge in [0.15, 0.2) is 0 Å². The van der Waals surface area contributed by atoms with Crippen molar-refractivity contribution in [2.45, 2.75) is 26.8 Å². The summed E-state index contributed by atoms with van der Waals surface area (Å²) in [6.45, 7) is 6.54. The lowest BCUT2D eigenvalue weighted by Crippen LogP contribution is -2.29. The lowest BCUT2D eigenvalue weighted by atomic mass is 10.2. The molecule has 0 radical (unpaired) electrons. The maximum absolute atomic E-state index is 11.9. The van der Waals surface area contributed by atoms with Crippen molar-refractivity contribution < 1.29 is 9.53 Å². The SMILES string of the molecule is CCOc1ccc(-c2ccc(C(=O)NC(C)C)s2)cc1. The van der Waals surface area contributed by atoms with Crippen LogP contribution in [0.15, 0.2) is 36.4 Å². The van der Waals surface area contributed by atoms with Gasteiger partial charge in [-0.3, -0.25) is 4.79 Å². The molecule has 4 heteroatoms. The molecular weight excluding hydrogens is 270 g/mol. The van der Waals surface area contributed by atoms with E-state index in [1.165, 1.54) is 11.3 Å². The van der Waals surface area contributed by atoms with Gasteiger partial charge in [0, 0.05) is 10.9 Å². The molecular formula is C16H19NO2S. The average Bonchev–Trinajstić information content (AvgIpc) is 2.89. The van der Waals surface area contributed by atoms with E-state index in [9.17, 15) is 4.79 Å². The molecule has 20 heavy (non-hydrogen) atoms. The fraction of sp³-hybridized carbons (Fsp3) is 0.312. The van der Waals surface area contributed by atoms with Gasteiger partial charge in [0.1, 0.15) is 5.75 Å². The minimum absolute atomic E-state index is 0.0119. The van der Waals surface area contributed by atoms with Crippen LogP contribution in [0.2, 0.25) is 0 Å². The fourth-order valence-corrected chi connectivity index (χ4v) is 2.75. The summed E-state index contributed by atoms with van der Waals surface area (Å²) in [5, 5.41) is 2.90. The van der Waals surface area contributed by atoms with Crippen LogP contribution in [0, 0.1) is 0 Å². The van der Waals surface area contributed by atoms with Gasteiger partial charge in [0.2, 0.25) is 0 Å². The second kappa shape index (κ2) is 6.57. The van der Waals surface area contributed by atoms with Crippen molar-refractivity contribution in [3.63, 3.8) is 0 Å². The first-order chi connectivity index (χ1) is 9.60. The molecule has 0 fully saturated rings. The minimum Gasteiger partial charge on any atom is -0.494 e. The summed E-state index contributed by atoms with van der Waals surface area (Å²) in [5.74, 6) is 0.854. The lowest BCUT2D eigenvalue weighted by molar-refractivity contribution is 0.0947. The fourth-order valence-electron chi connectivity index (χ4n) is 1.83. The first-order valence-corrected chi connectivity index (χ1v) is 7.55. The number of amides is 1. The van der Waals surface area contributed by atoms with Gasteiger partial charge in [0.05, 0.1) is 11.5 Å². The van der Waals surface area contributed by atoms with Crippen LogP contribution in [0.3, 0.4) is 0 Å². The lowest BCUT2D eigenvalue weighted by Gasteiger charge is -2.06. The van der Waals surface area contributed by atoms with Gasteiger partial charge in [0.25, 0.3) is 5.91 Å². The van der Waals surface area contributed by atoms with E-state index in [4.69, 9.17) is 4.74 Å². The monoisotopic (exact) mass is 289 g/mol. The third-order valence-electron chi connectivity index (χ3n) is 2.70. The first-order valence-electron chi connectivity index (χ1n) is 6.74. The highest BCUT2D eigenvalue weighted by Crippen LogP contribution is 2.29. The molecule has 0 bridgehead atoms. The Kier molecular flexibility index (Phi) is 4.79. The highest BCUT2D eigenvalue weighted by atomic mass is 32.1. The zero-order valence-corrected chi connectivity index (χ0v) is 12.8. The van der Waals surface area contributed by atoms with E-state index in [-0.39, 0.29) is 11.9 Å². The van der Waals surface area contributed by atoms with E-state index in [0.717, 1.165) is 21.1 Å². The van der Waals surface area contributed by atoms with Gasteiger partial charge >= 0.3 is 0 Å². The number of hydrogen-bond donors (Lipinski definition) is 1. The van der Waals surface area contributed by atoms with Gasteiger partial charge in [-0.25, -0.2) is 0 Å². The molecule has 0 unspecified atom stereocenters. The second-order valence-corrected chi connectivity index (χ2v) is 5.83. The number of ether oxygens (including phenoxy) is 1. The van der Waals surface area contributed by atoms with Crippen LogP contribution in [0.25, 0.3) is 10.4 Å². The number of carbonyl (C=O) groups is 1. The van der Waals surface area contributed by atoms with Crippen molar-refractivity contribution in [1.82, 2.24) is 5.32 Å². The summed E-state index contributed by atoms with van der Waals surface area (Å²) >= 11 is 1.50. The topological polar surface area (TPSA) is 38.3 Å². The molecule has 0 aliphatic carbocycles. The number of benzene rings is 1. The van der Waals surface area contributed by atoms with Gasteiger partial charge in [-0.15, -0.1) is 11.3 Å². The van der Waals surface area contributed by atoms with Crippen LogP contribution in [0.1, 0.15) is 30.4 Å². The molecule has 1 N–H and O–H groups in total. The quantitative estimate of drug-likeness (QED) is 0.905. The summed E-state index contributed by atoms with van der Waals surface area (Å²) in [4.78, 5) is 13.7. The summed E-state index contributed by atoms with van der Waals surface area (Å²) in [6.07, 6.45) is 0. The highest BCUT2D eigenvalue weighted by Gasteiger charge is 2.11. The van der Waals surface area contributed by atoms with Crippen molar-refractivity contribution in [3.05, 3.63) is 41.3 Å². The first kappa shape index (κ1) is 14.6. The number of hydrogen-bond acceptors (Lipinski definition) is 3. The van der Waals surface area contributed by atoms with Gasteiger partial charge in [-0.2, -0.15) is 0 Å². The molecule has 2 aromatic rings. The number of rotatable bonds is 5. The molecule has 1 aromatic heterocycles. The van der Waals surface area contributed by atoms with Gasteiger partial charge in [-0.05, 0) is 62.7 Å². The van der Waals surface area contributed by atoms with E-state index >= 15 is 0 Å². The molecule has 2 rings (SSSR count). The Morgan fingerprint density at radius 1 is 1.20 bits per heavy atom. The standard InChI is InChI=1S/C16H19NO2S/c1-4-19-13-7-5-12(6-8-13)14-9-10-15(20-14)16(18)17-11(2)3/h5-11H,4H2,1-3H3,(H,17,18). The highest BCUT2D eigenvalue weighted by molar-refractivity contribution is 7.17. The molecule has 0 aliphatic rings. The van der Waals surface area contributed by atoms with Gasteiger partial charge < -0.3 is 10.1 Å². The largest absolute Gasteiger partial charge is 0.494 e. The molecule has 1 aromatic carbocycles. The van der Waals surface area contributed by atoms with E-state index in [1.807, 2.05) is 57.2 Å². The Labute approximate surface area is 123 Å². The molecule has 0 spiro atoms. The predicted octanol–water partition coefficient (Wildman–Crippen LogP) is 3.95. The molecule has 0 saturated heterocycles. The van der Waals surface area contributed by atoms with Crippen molar-refractivity contribution in [2.24, 2.45) is 0 Å². The van der Waals surface area contributed by atoms with E-state index in [1.54, 1.807) is 0 Å². The number of thiophene rings is 1. The average molecular weight is 289 g/mol. The van der Waals surface area contributed by atoms with Crippen molar-refractivity contribution in [1.29, 1.82) is 0 Å². The number of carbonyl (C=O) groups excluding carboxylic acids is 1. The Hall–Kier alpha value is -1.81. The molecule has 0 saturated carbocycles. The van der Waals surface area contributed by atoms with Crippen LogP contribution in [-0.2, 0) is 0 Å². The maximum Gasteiger partial charge on any atom is 0.261 e. The molecule has 0 aliphatic heterocycles. The summed E-state index contributed by atoms with van der Waals surface area (Å²) < 4.78 is 5.42. The van der Waals surface area contributed by atoms with Crippen molar-refractivity contribution in [2.75, 3.05) is 6.61 Å². The van der Waals surface area contributed by atoms with Crippen molar-refractivity contribution in [3.8, 4) is 16.2 Å². The summed E-state index contributed by atoms with van der Waals surface area (Å²) in [5.41, 5.74) is 1.10. The van der Waals surface area contributed by atoms with Crippen LogP contribution in [0.5, 0.6) is 5.75 Å². The summed E-state index contributed by atoms with van der Waals surface area (Å²) in [6, 6.07) is 11.9. The Morgan fingerprint density at radius 2 is 1.90 bits per heavy atom. The Bertz CT molecular complexity index is 572. The molecule has 3 nitrogen and oxygen atoms in total. The maximum atomic E-state index is 11.9. The minimum atomic E-state index is -0.0119. The van der Waals surface area contributed by atoms with Crippen LogP contribution >= 0.6 is 11.3 Å². The third-order valence-corrected chi connectivity index (χ3v) is 3.83. The van der Waals surface area contributed by atoms with E-state index in [2.05, 4.69) is 5.32 Å². The predicted molar refractivity (Wildman–Crippen MR) is 83.5 cm³/mol. The molecule has 106 valence electrons. The van der Waals surface area contributed by atoms with Gasteiger partial charge in [-0.1, -0.05) is 0 Å². The van der Waals surface area contributed by atoms with E-state index < -0.39 is 0 Å². The third kappa shape index (κ3) is 3.61. The zero-order chi connectivity index (χ0) is 14.5. The van der Waals surface area contributed by atoms with Crippen LogP contribution in [-0.4, -0.2) is 18.6 Å². The number of nitrogens with one attached hydrogen (secondary N) is 1. The Balaban J connectivity index is 2.13. The van der Waals surface area contributed by atoms with Crippen LogP contribution in [0.4, 0.5) is 0 Å². The molecule has 1 heterocycles. The summed E-state index contributed by atoms with van der Waals surface area (Å²) in [7, 11) is 0.